The van der Waals surface area contributed by atoms with Crippen molar-refractivity contribution in [1.82, 2.24) is 23.8 Å². The Morgan fingerprint density at radius 2 is 1.10 bits per heavy atom. The van der Waals surface area contributed by atoms with E-state index in [1.807, 2.05) is 91.0 Å². The molecule has 8 aromatic carbocycles. The lowest BCUT2D eigenvalue weighted by atomic mass is 10.0. The Kier molecular flexibility index (Phi) is 7.89. The van der Waals surface area contributed by atoms with Gasteiger partial charge in [-0.25, -0.2) is 19.5 Å². The monoisotopic (exact) mass is 785 g/mol. The molecule has 0 saturated heterocycles. The molecule has 0 spiro atoms. The standard InChI is InChI=1S/C53H35N7O/c61-52-42-24-11-13-26-46(42)60-48-33-37(27-29-44(48)54-53(60)59(52)39-20-8-3-9-21-39)36-28-30-47-43(32-36)41-23-10-12-25-45(41)58(47)40-22-14-19-38(31-40)51-56-49(34-15-4-1-5-16-34)55-50(57-51)35-17-6-2-7-18-35/h1-33,49H,(H,55,56,57). The number of amidine groups is 2. The second-order valence-electron chi connectivity index (χ2n) is 15.3. The molecule has 0 saturated carbocycles. The van der Waals surface area contributed by atoms with E-state index in [4.69, 9.17) is 15.0 Å². The summed E-state index contributed by atoms with van der Waals surface area (Å²) in [4.78, 5) is 29.2. The molecule has 4 heterocycles. The largest absolute Gasteiger partial charge is 0.344 e. The van der Waals surface area contributed by atoms with Gasteiger partial charge in [-0.1, -0.05) is 133 Å². The first-order valence-electron chi connectivity index (χ1n) is 20.4. The molecule has 12 rings (SSSR count). The van der Waals surface area contributed by atoms with Crippen LogP contribution < -0.4 is 10.9 Å². The number of aromatic nitrogens is 4. The summed E-state index contributed by atoms with van der Waals surface area (Å²) >= 11 is 0. The zero-order valence-electron chi connectivity index (χ0n) is 32.7. The molecule has 288 valence electrons. The molecule has 0 amide bonds. The van der Waals surface area contributed by atoms with Crippen molar-refractivity contribution in [1.29, 1.82) is 0 Å². The number of fused-ring (bicyclic) bond motifs is 8. The van der Waals surface area contributed by atoms with Crippen molar-refractivity contribution in [2.45, 2.75) is 6.17 Å². The summed E-state index contributed by atoms with van der Waals surface area (Å²) in [6.07, 6.45) is -0.286. The SMILES string of the molecule is O=c1c2ccccc2n2c3cc(-c4ccc5c(c4)c4ccccc4n5-c4cccc(C5=NC(c6ccccc6)=NC(c6ccccc6)N5)c4)ccc3nc2n1-c1ccccc1. The summed E-state index contributed by atoms with van der Waals surface area (Å²) in [5.41, 5.74) is 11.6. The molecule has 0 aliphatic carbocycles. The molecular weight excluding hydrogens is 751 g/mol. The van der Waals surface area contributed by atoms with E-state index < -0.39 is 0 Å². The zero-order valence-corrected chi connectivity index (χ0v) is 32.7. The van der Waals surface area contributed by atoms with E-state index in [1.165, 1.54) is 0 Å². The average Bonchev–Trinajstić information content (AvgIpc) is 3.88. The van der Waals surface area contributed by atoms with Crippen molar-refractivity contribution < 1.29 is 0 Å². The van der Waals surface area contributed by atoms with E-state index in [2.05, 4.69) is 123 Å². The van der Waals surface area contributed by atoms with Gasteiger partial charge < -0.3 is 9.88 Å². The third-order valence-electron chi connectivity index (χ3n) is 11.7. The van der Waals surface area contributed by atoms with Gasteiger partial charge in [-0.15, -0.1) is 0 Å². The third-order valence-corrected chi connectivity index (χ3v) is 11.7. The maximum Gasteiger partial charge on any atom is 0.267 e. The Bertz CT molecular complexity index is 3640. The molecule has 0 fully saturated rings. The molecule has 1 aliphatic heterocycles. The quantitative estimate of drug-likeness (QED) is 0.182. The number of hydrogen-bond acceptors (Lipinski definition) is 5. The fraction of sp³-hybridized carbons (Fsp3) is 0.0189. The molecule has 8 nitrogen and oxygen atoms in total. The average molecular weight is 786 g/mol. The van der Waals surface area contributed by atoms with Gasteiger partial charge in [0.25, 0.3) is 5.56 Å². The topological polar surface area (TPSA) is 81.0 Å². The van der Waals surface area contributed by atoms with Gasteiger partial charge in [0.1, 0.15) is 12.0 Å². The van der Waals surface area contributed by atoms with E-state index >= 15 is 0 Å². The first-order valence-corrected chi connectivity index (χ1v) is 20.4. The Morgan fingerprint density at radius 3 is 1.92 bits per heavy atom. The van der Waals surface area contributed by atoms with E-state index in [1.54, 1.807) is 4.57 Å². The van der Waals surface area contributed by atoms with E-state index in [0.29, 0.717) is 17.0 Å². The fourth-order valence-corrected chi connectivity index (χ4v) is 8.84. The summed E-state index contributed by atoms with van der Waals surface area (Å²) in [7, 11) is 0. The molecule has 61 heavy (non-hydrogen) atoms. The van der Waals surface area contributed by atoms with Crippen molar-refractivity contribution in [2.24, 2.45) is 9.98 Å². The normalized spacial score (nSPS) is 14.1. The van der Waals surface area contributed by atoms with Crippen molar-refractivity contribution in [3.8, 4) is 22.5 Å². The first kappa shape index (κ1) is 34.7. The highest BCUT2D eigenvalue weighted by Crippen LogP contribution is 2.36. The molecule has 1 aliphatic rings. The molecule has 11 aromatic rings. The van der Waals surface area contributed by atoms with Gasteiger partial charge >= 0.3 is 0 Å². The van der Waals surface area contributed by atoms with Gasteiger partial charge in [0.2, 0.25) is 5.78 Å². The Hall–Kier alpha value is -8.36. The number of hydrogen-bond donors (Lipinski definition) is 1. The third kappa shape index (κ3) is 5.68. The van der Waals surface area contributed by atoms with Crippen LogP contribution in [-0.4, -0.2) is 30.2 Å². The second-order valence-corrected chi connectivity index (χ2v) is 15.3. The number of aliphatic imine (C=N–C) groups is 2. The Labute approximate surface area is 349 Å². The van der Waals surface area contributed by atoms with Crippen LogP contribution in [0, 0.1) is 0 Å². The molecular formula is C53H35N7O. The first-order chi connectivity index (χ1) is 30.2. The van der Waals surface area contributed by atoms with Crippen LogP contribution in [0.5, 0.6) is 0 Å². The summed E-state index contributed by atoms with van der Waals surface area (Å²) in [5.74, 6) is 2.04. The molecule has 8 heteroatoms. The van der Waals surface area contributed by atoms with Gasteiger partial charge in [0, 0.05) is 27.6 Å². The molecule has 1 atom stereocenters. The van der Waals surface area contributed by atoms with Crippen LogP contribution in [0.4, 0.5) is 0 Å². The minimum absolute atomic E-state index is 0.0950. The van der Waals surface area contributed by atoms with E-state index in [9.17, 15) is 4.79 Å². The van der Waals surface area contributed by atoms with Crippen LogP contribution in [0.2, 0.25) is 0 Å². The van der Waals surface area contributed by atoms with Crippen molar-refractivity contribution in [3.63, 3.8) is 0 Å². The highest BCUT2D eigenvalue weighted by Gasteiger charge is 2.23. The van der Waals surface area contributed by atoms with Crippen molar-refractivity contribution in [3.05, 3.63) is 227 Å². The minimum Gasteiger partial charge on any atom is -0.344 e. The highest BCUT2D eigenvalue weighted by atomic mass is 16.1. The van der Waals surface area contributed by atoms with Crippen LogP contribution >= 0.6 is 0 Å². The Morgan fingerprint density at radius 1 is 0.459 bits per heavy atom. The van der Waals surface area contributed by atoms with Gasteiger partial charge in [-0.2, -0.15) is 0 Å². The lowest BCUT2D eigenvalue weighted by Gasteiger charge is -2.24. The number of benzene rings is 8. The Balaban J connectivity index is 0.986. The minimum atomic E-state index is -0.286. The van der Waals surface area contributed by atoms with E-state index in [0.717, 1.165) is 83.4 Å². The van der Waals surface area contributed by atoms with Crippen LogP contribution in [0.25, 0.3) is 72.0 Å². The number of nitrogens with zero attached hydrogens (tertiary/aromatic N) is 6. The summed E-state index contributed by atoms with van der Waals surface area (Å²) in [5, 5.41) is 6.58. The van der Waals surface area contributed by atoms with Crippen LogP contribution in [0.15, 0.2) is 215 Å². The molecule has 1 unspecified atom stereocenters. The van der Waals surface area contributed by atoms with Gasteiger partial charge in [-0.05, 0) is 83.4 Å². The maximum atomic E-state index is 14.0. The zero-order chi connectivity index (χ0) is 40.4. The molecule has 3 aromatic heterocycles. The smallest absolute Gasteiger partial charge is 0.267 e. The molecule has 0 radical (unpaired) electrons. The summed E-state index contributed by atoms with van der Waals surface area (Å²) in [6, 6.07) is 68.2. The summed E-state index contributed by atoms with van der Waals surface area (Å²) < 4.78 is 6.17. The number of rotatable bonds is 6. The highest BCUT2D eigenvalue weighted by molar-refractivity contribution is 6.14. The number of imidazole rings is 1. The predicted octanol–water partition coefficient (Wildman–Crippen LogP) is 11.1. The van der Waals surface area contributed by atoms with E-state index in [-0.39, 0.29) is 11.7 Å². The molecule has 1 N–H and O–H groups in total. The number of para-hydroxylation sites is 3. The second kappa shape index (κ2) is 13.9. The van der Waals surface area contributed by atoms with Gasteiger partial charge in [-0.3, -0.25) is 9.20 Å². The van der Waals surface area contributed by atoms with Gasteiger partial charge in [0.15, 0.2) is 5.84 Å². The fourth-order valence-electron chi connectivity index (χ4n) is 8.84. The van der Waals surface area contributed by atoms with Crippen molar-refractivity contribution >= 4 is 61.2 Å². The summed E-state index contributed by atoms with van der Waals surface area (Å²) in [6.45, 7) is 0. The van der Waals surface area contributed by atoms with Crippen molar-refractivity contribution in [2.75, 3.05) is 0 Å². The maximum absolute atomic E-state index is 14.0. The van der Waals surface area contributed by atoms with Crippen LogP contribution in [0.1, 0.15) is 22.9 Å². The molecule has 0 bridgehead atoms. The van der Waals surface area contributed by atoms with Crippen LogP contribution in [-0.2, 0) is 0 Å². The lowest BCUT2D eigenvalue weighted by molar-refractivity contribution is 0.674. The van der Waals surface area contributed by atoms with Crippen LogP contribution in [0.3, 0.4) is 0 Å². The predicted molar refractivity (Wildman–Crippen MR) is 247 cm³/mol. The lowest BCUT2D eigenvalue weighted by Crippen LogP contribution is -2.33. The van der Waals surface area contributed by atoms with Gasteiger partial charge in [0.05, 0.1) is 38.7 Å². The number of nitrogens with one attached hydrogen (secondary N) is 1.